The van der Waals surface area contributed by atoms with Crippen molar-refractivity contribution in [3.63, 3.8) is 0 Å². The molecule has 0 atom stereocenters. The van der Waals surface area contributed by atoms with Gasteiger partial charge in [0.25, 0.3) is 5.91 Å². The minimum atomic E-state index is -0.138. The van der Waals surface area contributed by atoms with Crippen molar-refractivity contribution in [1.29, 1.82) is 0 Å². The van der Waals surface area contributed by atoms with E-state index >= 15 is 0 Å². The molecule has 7 nitrogen and oxygen atoms in total. The molecule has 2 aliphatic rings. The van der Waals surface area contributed by atoms with Crippen molar-refractivity contribution < 1.29 is 9.59 Å². The van der Waals surface area contributed by atoms with Crippen LogP contribution in [0.4, 0.5) is 10.5 Å². The topological polar surface area (TPSA) is 70.5 Å². The van der Waals surface area contributed by atoms with Crippen molar-refractivity contribution in [2.24, 2.45) is 7.05 Å². The first-order valence-electron chi connectivity index (χ1n) is 9.91. The molecule has 0 radical (unpaired) electrons. The van der Waals surface area contributed by atoms with Crippen LogP contribution in [0, 0.1) is 13.8 Å². The summed E-state index contributed by atoms with van der Waals surface area (Å²) in [5.41, 5.74) is 5.47. The third-order valence-corrected chi connectivity index (χ3v) is 5.75. The maximum absolute atomic E-state index is 12.9. The molecule has 2 aromatic rings. The van der Waals surface area contributed by atoms with Crippen LogP contribution in [-0.2, 0) is 20.0 Å². The number of carbonyl (C=O) groups is 2. The SMILES string of the molecule is Cc1ccc(NC(=O)N2CCc3c(c(C(=O)N4CCCC4)nn3C)C2)c(C)c1. The molecule has 4 rings (SSSR count). The third kappa shape index (κ3) is 3.37. The first-order chi connectivity index (χ1) is 13.4. The van der Waals surface area contributed by atoms with E-state index in [9.17, 15) is 9.59 Å². The molecule has 28 heavy (non-hydrogen) atoms. The number of aromatic nitrogens is 2. The lowest BCUT2D eigenvalue weighted by atomic mass is 10.0. The average molecular weight is 381 g/mol. The highest BCUT2D eigenvalue weighted by Gasteiger charge is 2.32. The lowest BCUT2D eigenvalue weighted by Gasteiger charge is -2.28. The van der Waals surface area contributed by atoms with Crippen LogP contribution >= 0.6 is 0 Å². The normalized spacial score (nSPS) is 16.2. The summed E-state index contributed by atoms with van der Waals surface area (Å²) < 4.78 is 1.80. The molecular formula is C21H27N5O2. The number of anilines is 1. The first kappa shape index (κ1) is 18.5. The number of hydrogen-bond donors (Lipinski definition) is 1. The lowest BCUT2D eigenvalue weighted by Crippen LogP contribution is -2.40. The summed E-state index contributed by atoms with van der Waals surface area (Å²) in [4.78, 5) is 29.4. The van der Waals surface area contributed by atoms with Gasteiger partial charge in [-0.1, -0.05) is 17.7 Å². The van der Waals surface area contributed by atoms with Crippen molar-refractivity contribution in [2.75, 3.05) is 25.0 Å². The van der Waals surface area contributed by atoms with E-state index in [0.29, 0.717) is 25.2 Å². The summed E-state index contributed by atoms with van der Waals surface area (Å²) in [6, 6.07) is 5.84. The number of likely N-dealkylation sites (tertiary alicyclic amines) is 1. The predicted octanol–water partition coefficient (Wildman–Crippen LogP) is 2.86. The standard InChI is InChI=1S/C21H27N5O2/c1-14-6-7-17(15(2)12-14)22-21(28)26-11-8-18-16(13-26)19(23-24(18)3)20(27)25-9-4-5-10-25/h6-7,12H,4-5,8-11,13H2,1-3H3,(H,22,28). The van der Waals surface area contributed by atoms with Crippen LogP contribution < -0.4 is 5.32 Å². The first-order valence-corrected chi connectivity index (χ1v) is 9.91. The molecule has 1 saturated heterocycles. The predicted molar refractivity (Wildman–Crippen MR) is 107 cm³/mol. The summed E-state index contributed by atoms with van der Waals surface area (Å²) in [5.74, 6) is -0.00835. The number of nitrogens with one attached hydrogen (secondary N) is 1. The minimum Gasteiger partial charge on any atom is -0.337 e. The highest BCUT2D eigenvalue weighted by molar-refractivity contribution is 5.95. The molecule has 7 heteroatoms. The van der Waals surface area contributed by atoms with Gasteiger partial charge in [-0.15, -0.1) is 0 Å². The van der Waals surface area contributed by atoms with Gasteiger partial charge in [-0.05, 0) is 38.3 Å². The van der Waals surface area contributed by atoms with E-state index in [2.05, 4.69) is 16.5 Å². The van der Waals surface area contributed by atoms with Crippen molar-refractivity contribution in [1.82, 2.24) is 19.6 Å². The Bertz CT molecular complexity index is 927. The Labute approximate surface area is 165 Å². The van der Waals surface area contributed by atoms with Gasteiger partial charge >= 0.3 is 6.03 Å². The maximum atomic E-state index is 12.9. The second kappa shape index (κ2) is 7.30. The van der Waals surface area contributed by atoms with Crippen LogP contribution in [0.3, 0.4) is 0 Å². The molecule has 3 heterocycles. The molecule has 1 aromatic heterocycles. The largest absolute Gasteiger partial charge is 0.337 e. The number of aryl methyl sites for hydroxylation is 3. The number of fused-ring (bicyclic) bond motifs is 1. The van der Waals surface area contributed by atoms with Gasteiger partial charge in [0, 0.05) is 50.0 Å². The fourth-order valence-electron chi connectivity index (χ4n) is 4.16. The monoisotopic (exact) mass is 381 g/mol. The van der Waals surface area contributed by atoms with Crippen molar-refractivity contribution in [3.8, 4) is 0 Å². The smallest absolute Gasteiger partial charge is 0.322 e. The number of carbonyl (C=O) groups excluding carboxylic acids is 2. The molecule has 0 unspecified atom stereocenters. The Kier molecular flexibility index (Phi) is 4.83. The molecule has 0 spiro atoms. The number of rotatable bonds is 2. The van der Waals surface area contributed by atoms with Gasteiger partial charge in [0.05, 0.1) is 6.54 Å². The number of nitrogens with zero attached hydrogens (tertiary/aromatic N) is 4. The Morgan fingerprint density at radius 1 is 1.07 bits per heavy atom. The zero-order chi connectivity index (χ0) is 19.8. The highest BCUT2D eigenvalue weighted by atomic mass is 16.2. The van der Waals surface area contributed by atoms with E-state index in [1.54, 1.807) is 9.58 Å². The van der Waals surface area contributed by atoms with Crippen LogP contribution in [0.15, 0.2) is 18.2 Å². The van der Waals surface area contributed by atoms with Gasteiger partial charge in [0.1, 0.15) is 0 Å². The highest BCUT2D eigenvalue weighted by Crippen LogP contribution is 2.25. The summed E-state index contributed by atoms with van der Waals surface area (Å²) in [6.07, 6.45) is 2.79. The Hall–Kier alpha value is -2.83. The van der Waals surface area contributed by atoms with E-state index in [-0.39, 0.29) is 11.9 Å². The second-order valence-corrected chi connectivity index (χ2v) is 7.82. The Morgan fingerprint density at radius 2 is 1.82 bits per heavy atom. The molecule has 1 aromatic carbocycles. The molecular weight excluding hydrogens is 354 g/mol. The molecule has 148 valence electrons. The maximum Gasteiger partial charge on any atom is 0.322 e. The van der Waals surface area contributed by atoms with Gasteiger partial charge in [0.15, 0.2) is 5.69 Å². The van der Waals surface area contributed by atoms with Gasteiger partial charge in [0.2, 0.25) is 0 Å². The van der Waals surface area contributed by atoms with Gasteiger partial charge < -0.3 is 15.1 Å². The summed E-state index contributed by atoms with van der Waals surface area (Å²) in [5, 5.41) is 7.52. The van der Waals surface area contributed by atoms with E-state index in [1.165, 1.54) is 5.56 Å². The zero-order valence-electron chi connectivity index (χ0n) is 16.8. The van der Waals surface area contributed by atoms with E-state index in [0.717, 1.165) is 48.4 Å². The lowest BCUT2D eigenvalue weighted by molar-refractivity contribution is 0.0784. The Balaban J connectivity index is 1.53. The van der Waals surface area contributed by atoms with Crippen LogP contribution in [0.5, 0.6) is 0 Å². The van der Waals surface area contributed by atoms with Crippen LogP contribution in [0.2, 0.25) is 0 Å². The second-order valence-electron chi connectivity index (χ2n) is 7.82. The molecule has 0 aliphatic carbocycles. The summed E-state index contributed by atoms with van der Waals surface area (Å²) in [7, 11) is 1.88. The summed E-state index contributed by atoms with van der Waals surface area (Å²) >= 11 is 0. The molecule has 0 bridgehead atoms. The molecule has 1 fully saturated rings. The van der Waals surface area contributed by atoms with Gasteiger partial charge in [-0.3, -0.25) is 9.48 Å². The van der Waals surface area contributed by atoms with Crippen molar-refractivity contribution >= 4 is 17.6 Å². The van der Waals surface area contributed by atoms with Crippen LogP contribution in [0.25, 0.3) is 0 Å². The fourth-order valence-corrected chi connectivity index (χ4v) is 4.16. The molecule has 3 amide bonds. The van der Waals surface area contributed by atoms with E-state index < -0.39 is 0 Å². The summed E-state index contributed by atoms with van der Waals surface area (Å²) in [6.45, 7) is 6.63. The molecule has 2 aliphatic heterocycles. The minimum absolute atomic E-state index is 0.00835. The number of amides is 3. The molecule has 1 N–H and O–H groups in total. The quantitative estimate of drug-likeness (QED) is 0.870. The fraction of sp³-hybridized carbons (Fsp3) is 0.476. The number of benzene rings is 1. The van der Waals surface area contributed by atoms with Crippen molar-refractivity contribution in [3.05, 3.63) is 46.3 Å². The third-order valence-electron chi connectivity index (χ3n) is 5.75. The molecule has 0 saturated carbocycles. The van der Waals surface area contributed by atoms with Crippen LogP contribution in [0.1, 0.15) is 45.7 Å². The number of hydrogen-bond acceptors (Lipinski definition) is 3. The van der Waals surface area contributed by atoms with Crippen molar-refractivity contribution in [2.45, 2.75) is 39.7 Å². The zero-order valence-corrected chi connectivity index (χ0v) is 16.8. The van der Waals surface area contributed by atoms with E-state index in [1.807, 2.05) is 37.9 Å². The van der Waals surface area contributed by atoms with Crippen LogP contribution in [-0.4, -0.2) is 51.2 Å². The van der Waals surface area contributed by atoms with E-state index in [4.69, 9.17) is 0 Å². The number of urea groups is 1. The van der Waals surface area contributed by atoms with Gasteiger partial charge in [-0.25, -0.2) is 4.79 Å². The average Bonchev–Trinajstić information content (AvgIpc) is 3.32. The van der Waals surface area contributed by atoms with Gasteiger partial charge in [-0.2, -0.15) is 5.10 Å². The Morgan fingerprint density at radius 3 is 2.54 bits per heavy atom.